The number of nitrogens with one attached hydrogen (secondary N) is 1. The van der Waals surface area contributed by atoms with E-state index in [4.69, 9.17) is 4.74 Å². The first-order valence-electron chi connectivity index (χ1n) is 10.1. The number of nitrogens with zero attached hydrogens (tertiary/aromatic N) is 3. The maximum Gasteiger partial charge on any atom is 0.249 e. The number of hydrogen-bond donors (Lipinski definition) is 1. The Morgan fingerprint density at radius 1 is 1.19 bits per heavy atom. The lowest BCUT2D eigenvalue weighted by Crippen LogP contribution is -2.45. The topological polar surface area (TPSA) is 57.7 Å². The standard InChI is InChI=1S/C20H30N4O2/c25-20(22-14-17-5-1-2-7-21-17)18-13-16-6-10-24(15-19(16)26-18)12-11-23-8-3-4-9-23/h1-2,5,7,16,18-19H,3-4,6,8-15H2,(H,22,25)/t16-,18+,19+/m0/s1. The predicted molar refractivity (Wildman–Crippen MR) is 99.6 cm³/mol. The zero-order valence-electron chi connectivity index (χ0n) is 15.5. The van der Waals surface area contributed by atoms with Crippen LogP contribution in [0.5, 0.6) is 0 Å². The highest BCUT2D eigenvalue weighted by Gasteiger charge is 2.41. The van der Waals surface area contributed by atoms with E-state index in [1.807, 2.05) is 18.2 Å². The summed E-state index contributed by atoms with van der Waals surface area (Å²) in [5, 5.41) is 2.98. The third kappa shape index (κ3) is 4.42. The largest absolute Gasteiger partial charge is 0.364 e. The first-order valence-corrected chi connectivity index (χ1v) is 10.1. The number of carbonyl (C=O) groups is 1. The van der Waals surface area contributed by atoms with Crippen LogP contribution < -0.4 is 5.32 Å². The Morgan fingerprint density at radius 2 is 2.04 bits per heavy atom. The van der Waals surface area contributed by atoms with Crippen molar-refractivity contribution in [1.29, 1.82) is 0 Å². The number of likely N-dealkylation sites (tertiary alicyclic amines) is 2. The van der Waals surface area contributed by atoms with Crippen LogP contribution in [0.25, 0.3) is 0 Å². The van der Waals surface area contributed by atoms with E-state index in [2.05, 4.69) is 20.1 Å². The number of carbonyl (C=O) groups excluding carboxylic acids is 1. The fourth-order valence-electron chi connectivity index (χ4n) is 4.45. The molecule has 26 heavy (non-hydrogen) atoms. The molecule has 1 aromatic heterocycles. The van der Waals surface area contributed by atoms with Crippen LogP contribution in [0, 0.1) is 5.92 Å². The van der Waals surface area contributed by atoms with E-state index in [0.717, 1.165) is 38.2 Å². The van der Waals surface area contributed by atoms with Crippen LogP contribution >= 0.6 is 0 Å². The minimum absolute atomic E-state index is 0.00803. The van der Waals surface area contributed by atoms with E-state index >= 15 is 0 Å². The molecule has 4 rings (SSSR count). The molecule has 0 radical (unpaired) electrons. The summed E-state index contributed by atoms with van der Waals surface area (Å²) < 4.78 is 6.13. The molecule has 0 saturated carbocycles. The Balaban J connectivity index is 1.21. The van der Waals surface area contributed by atoms with Gasteiger partial charge < -0.3 is 15.0 Å². The molecule has 4 heterocycles. The van der Waals surface area contributed by atoms with Crippen LogP contribution in [0.15, 0.2) is 24.4 Å². The molecule has 0 aromatic carbocycles. The predicted octanol–water partition coefficient (Wildman–Crippen LogP) is 1.27. The Bertz CT molecular complexity index is 591. The van der Waals surface area contributed by atoms with Gasteiger partial charge in [0.2, 0.25) is 5.91 Å². The Labute approximate surface area is 155 Å². The summed E-state index contributed by atoms with van der Waals surface area (Å²) in [5.41, 5.74) is 0.879. The first kappa shape index (κ1) is 17.9. The quantitative estimate of drug-likeness (QED) is 0.830. The molecule has 6 heteroatoms. The van der Waals surface area contributed by atoms with E-state index in [-0.39, 0.29) is 18.1 Å². The van der Waals surface area contributed by atoms with Gasteiger partial charge in [0.15, 0.2) is 0 Å². The molecule has 3 saturated heterocycles. The van der Waals surface area contributed by atoms with E-state index in [0.29, 0.717) is 12.5 Å². The van der Waals surface area contributed by atoms with Gasteiger partial charge in [-0.1, -0.05) is 6.07 Å². The summed E-state index contributed by atoms with van der Waals surface area (Å²) >= 11 is 0. The minimum atomic E-state index is -0.299. The second kappa shape index (κ2) is 8.46. The zero-order chi connectivity index (χ0) is 17.8. The highest BCUT2D eigenvalue weighted by Crippen LogP contribution is 2.33. The molecule has 3 fully saturated rings. The summed E-state index contributed by atoms with van der Waals surface area (Å²) in [6.07, 6.45) is 6.37. The molecule has 3 aliphatic rings. The van der Waals surface area contributed by atoms with Gasteiger partial charge >= 0.3 is 0 Å². The van der Waals surface area contributed by atoms with Crippen molar-refractivity contribution in [2.75, 3.05) is 39.3 Å². The summed E-state index contributed by atoms with van der Waals surface area (Å²) in [5.74, 6) is 0.539. The molecule has 1 amide bonds. The number of ether oxygens (including phenoxy) is 1. The van der Waals surface area contributed by atoms with Crippen molar-refractivity contribution in [3.8, 4) is 0 Å². The van der Waals surface area contributed by atoms with Crippen molar-refractivity contribution in [3.63, 3.8) is 0 Å². The first-order chi connectivity index (χ1) is 12.8. The van der Waals surface area contributed by atoms with E-state index in [1.54, 1.807) is 6.20 Å². The third-order valence-corrected chi connectivity index (χ3v) is 6.03. The fourth-order valence-corrected chi connectivity index (χ4v) is 4.45. The summed E-state index contributed by atoms with van der Waals surface area (Å²) in [6.45, 7) is 7.40. The maximum atomic E-state index is 12.5. The number of hydrogen-bond acceptors (Lipinski definition) is 5. The molecular formula is C20H30N4O2. The average molecular weight is 358 g/mol. The molecule has 0 aliphatic carbocycles. The van der Waals surface area contributed by atoms with E-state index in [9.17, 15) is 4.79 Å². The van der Waals surface area contributed by atoms with Crippen LogP contribution in [0.2, 0.25) is 0 Å². The SMILES string of the molecule is O=C(NCc1ccccn1)[C@H]1C[C@@H]2CCN(CCN3CCCC3)C[C@H]2O1. The van der Waals surface area contributed by atoms with Gasteiger partial charge in [0, 0.05) is 25.8 Å². The number of piperidine rings is 1. The normalized spacial score (nSPS) is 29.6. The van der Waals surface area contributed by atoms with Crippen LogP contribution in [0.1, 0.15) is 31.4 Å². The molecular weight excluding hydrogens is 328 g/mol. The van der Waals surface area contributed by atoms with Crippen molar-refractivity contribution >= 4 is 5.91 Å². The maximum absolute atomic E-state index is 12.5. The monoisotopic (exact) mass is 358 g/mol. The summed E-state index contributed by atoms with van der Waals surface area (Å²) in [7, 11) is 0. The lowest BCUT2D eigenvalue weighted by atomic mass is 9.91. The van der Waals surface area contributed by atoms with Crippen molar-refractivity contribution < 1.29 is 9.53 Å². The summed E-state index contributed by atoms with van der Waals surface area (Å²) in [4.78, 5) is 21.8. The molecule has 0 spiro atoms. The van der Waals surface area contributed by atoms with E-state index < -0.39 is 0 Å². The van der Waals surface area contributed by atoms with Gasteiger partial charge in [-0.05, 0) is 63.4 Å². The van der Waals surface area contributed by atoms with Gasteiger partial charge in [0.1, 0.15) is 6.10 Å². The number of fused-ring (bicyclic) bond motifs is 1. The van der Waals surface area contributed by atoms with Crippen LogP contribution in [0.4, 0.5) is 0 Å². The highest BCUT2D eigenvalue weighted by molar-refractivity contribution is 5.81. The van der Waals surface area contributed by atoms with Crippen molar-refractivity contribution in [2.24, 2.45) is 5.92 Å². The van der Waals surface area contributed by atoms with Gasteiger partial charge in [-0.25, -0.2) is 0 Å². The fraction of sp³-hybridized carbons (Fsp3) is 0.700. The molecule has 0 bridgehead atoms. The molecule has 1 N–H and O–H groups in total. The summed E-state index contributed by atoms with van der Waals surface area (Å²) in [6, 6.07) is 5.74. The average Bonchev–Trinajstić information content (AvgIpc) is 3.34. The number of pyridine rings is 1. The van der Waals surface area contributed by atoms with Crippen molar-refractivity contribution in [1.82, 2.24) is 20.1 Å². The molecule has 3 aliphatic heterocycles. The highest BCUT2D eigenvalue weighted by atomic mass is 16.5. The Hall–Kier alpha value is -1.50. The molecule has 142 valence electrons. The van der Waals surface area contributed by atoms with Crippen LogP contribution in [-0.2, 0) is 16.1 Å². The van der Waals surface area contributed by atoms with Gasteiger partial charge in [-0.15, -0.1) is 0 Å². The van der Waals surface area contributed by atoms with Gasteiger partial charge in [0.05, 0.1) is 18.3 Å². The Morgan fingerprint density at radius 3 is 2.85 bits per heavy atom. The minimum Gasteiger partial charge on any atom is -0.364 e. The second-order valence-corrected chi connectivity index (χ2v) is 7.84. The van der Waals surface area contributed by atoms with Gasteiger partial charge in [-0.2, -0.15) is 0 Å². The van der Waals surface area contributed by atoms with Crippen LogP contribution in [0.3, 0.4) is 0 Å². The molecule has 3 atom stereocenters. The number of rotatable bonds is 6. The molecule has 0 unspecified atom stereocenters. The van der Waals surface area contributed by atoms with Crippen LogP contribution in [-0.4, -0.2) is 72.2 Å². The lowest BCUT2D eigenvalue weighted by molar-refractivity contribution is -0.133. The van der Waals surface area contributed by atoms with Gasteiger partial charge in [0.25, 0.3) is 0 Å². The Kier molecular flexibility index (Phi) is 5.82. The van der Waals surface area contributed by atoms with Crippen molar-refractivity contribution in [2.45, 2.75) is 44.4 Å². The van der Waals surface area contributed by atoms with E-state index in [1.165, 1.54) is 32.5 Å². The van der Waals surface area contributed by atoms with Crippen molar-refractivity contribution in [3.05, 3.63) is 30.1 Å². The molecule has 1 aromatic rings. The lowest BCUT2D eigenvalue weighted by Gasteiger charge is -2.34. The third-order valence-electron chi connectivity index (χ3n) is 6.03. The zero-order valence-corrected chi connectivity index (χ0v) is 15.5. The smallest absolute Gasteiger partial charge is 0.249 e. The second-order valence-electron chi connectivity index (χ2n) is 7.84. The van der Waals surface area contributed by atoms with Gasteiger partial charge in [-0.3, -0.25) is 14.7 Å². The number of aromatic nitrogens is 1. The molecule has 6 nitrogen and oxygen atoms in total. The number of amides is 1.